The standard InChI is InChI=1S/C22H28N2O2.H3O4P/c1-2-26-21(25)22(19-6-4-3-5-7-19)13-16-24(17-14-22)15-12-18-8-10-20(23)11-9-18;1-5(2,3)4/h3-11H,2,12-17,23H2,1H3;(H3,1,2,3,4). The smallest absolute Gasteiger partial charge is 0.465 e. The third-order valence-corrected chi connectivity index (χ3v) is 5.40. The molecule has 0 atom stereocenters. The van der Waals surface area contributed by atoms with Crippen molar-refractivity contribution in [1.82, 2.24) is 4.90 Å². The largest absolute Gasteiger partial charge is 0.466 e. The van der Waals surface area contributed by atoms with Crippen LogP contribution in [-0.2, 0) is 25.9 Å². The Hall–Kier alpha value is -2.22. The van der Waals surface area contributed by atoms with E-state index in [0.717, 1.165) is 50.1 Å². The molecule has 31 heavy (non-hydrogen) atoms. The van der Waals surface area contributed by atoms with Crippen molar-refractivity contribution in [3.05, 3.63) is 65.7 Å². The highest BCUT2D eigenvalue weighted by Gasteiger charge is 2.43. The molecule has 0 aliphatic carbocycles. The molecule has 2 aromatic carbocycles. The van der Waals surface area contributed by atoms with Gasteiger partial charge in [-0.05, 0) is 62.5 Å². The van der Waals surface area contributed by atoms with Crippen LogP contribution in [0.1, 0.15) is 30.9 Å². The van der Waals surface area contributed by atoms with Gasteiger partial charge >= 0.3 is 13.8 Å². The first-order chi connectivity index (χ1) is 14.6. The lowest BCUT2D eigenvalue weighted by atomic mass is 9.72. The van der Waals surface area contributed by atoms with Crippen LogP contribution < -0.4 is 5.73 Å². The molecule has 0 spiro atoms. The van der Waals surface area contributed by atoms with Gasteiger partial charge in [-0.15, -0.1) is 0 Å². The van der Waals surface area contributed by atoms with Crippen molar-refractivity contribution < 1.29 is 28.8 Å². The van der Waals surface area contributed by atoms with Crippen molar-refractivity contribution in [3.63, 3.8) is 0 Å². The predicted molar refractivity (Wildman–Crippen MR) is 119 cm³/mol. The van der Waals surface area contributed by atoms with E-state index < -0.39 is 13.2 Å². The summed E-state index contributed by atoms with van der Waals surface area (Å²) in [6.45, 7) is 5.11. The lowest BCUT2D eigenvalue weighted by Crippen LogP contribution is -2.48. The van der Waals surface area contributed by atoms with E-state index in [4.69, 9.17) is 29.7 Å². The average Bonchev–Trinajstić information content (AvgIpc) is 2.73. The zero-order valence-electron chi connectivity index (χ0n) is 17.7. The van der Waals surface area contributed by atoms with E-state index in [2.05, 4.69) is 29.2 Å². The van der Waals surface area contributed by atoms with Gasteiger partial charge in [0.1, 0.15) is 0 Å². The molecule has 170 valence electrons. The van der Waals surface area contributed by atoms with Crippen LogP contribution in [0.5, 0.6) is 0 Å². The molecular formula is C22H31N2O6P. The second-order valence-electron chi connectivity index (χ2n) is 7.52. The van der Waals surface area contributed by atoms with Gasteiger partial charge in [-0.25, -0.2) is 4.57 Å². The first kappa shape index (κ1) is 25.0. The van der Waals surface area contributed by atoms with Crippen LogP contribution in [0.3, 0.4) is 0 Å². The number of rotatable bonds is 6. The summed E-state index contributed by atoms with van der Waals surface area (Å²) >= 11 is 0. The molecule has 1 saturated heterocycles. The molecule has 1 fully saturated rings. The Morgan fingerprint density at radius 1 is 1.06 bits per heavy atom. The topological polar surface area (TPSA) is 133 Å². The molecule has 0 saturated carbocycles. The average molecular weight is 450 g/mol. The second-order valence-corrected chi connectivity index (χ2v) is 8.54. The van der Waals surface area contributed by atoms with Crippen molar-refractivity contribution in [2.45, 2.75) is 31.6 Å². The van der Waals surface area contributed by atoms with Crippen molar-refractivity contribution in [1.29, 1.82) is 0 Å². The first-order valence-electron chi connectivity index (χ1n) is 10.2. The molecule has 2 aromatic rings. The molecule has 8 nitrogen and oxygen atoms in total. The number of nitrogens with two attached hydrogens (primary N) is 1. The second kappa shape index (κ2) is 11.4. The van der Waals surface area contributed by atoms with E-state index in [1.807, 2.05) is 37.3 Å². The predicted octanol–water partition coefficient (Wildman–Crippen LogP) is 2.48. The van der Waals surface area contributed by atoms with Gasteiger partial charge in [0.25, 0.3) is 0 Å². The number of carbonyl (C=O) groups excluding carboxylic acids is 1. The number of piperidine rings is 1. The van der Waals surface area contributed by atoms with Crippen LogP contribution in [0, 0.1) is 0 Å². The number of hydrogen-bond donors (Lipinski definition) is 4. The van der Waals surface area contributed by atoms with Crippen LogP contribution in [0.2, 0.25) is 0 Å². The molecule has 0 bridgehead atoms. The molecule has 5 N–H and O–H groups in total. The molecule has 0 aromatic heterocycles. The van der Waals surface area contributed by atoms with Gasteiger partial charge in [-0.3, -0.25) is 4.79 Å². The summed E-state index contributed by atoms with van der Waals surface area (Å²) in [7, 11) is -4.64. The maximum absolute atomic E-state index is 12.8. The summed E-state index contributed by atoms with van der Waals surface area (Å²) in [4.78, 5) is 36.8. The van der Waals surface area contributed by atoms with Gasteiger partial charge in [-0.2, -0.15) is 0 Å². The van der Waals surface area contributed by atoms with E-state index in [0.29, 0.717) is 6.61 Å². The van der Waals surface area contributed by atoms with Gasteiger partial charge < -0.3 is 30.1 Å². The minimum absolute atomic E-state index is 0.0793. The lowest BCUT2D eigenvalue weighted by molar-refractivity contribution is -0.152. The molecule has 9 heteroatoms. The molecule has 0 amide bonds. The number of hydrogen-bond acceptors (Lipinski definition) is 5. The summed E-state index contributed by atoms with van der Waals surface area (Å²) < 4.78 is 14.3. The number of ether oxygens (including phenoxy) is 1. The van der Waals surface area contributed by atoms with Crippen molar-refractivity contribution in [3.8, 4) is 0 Å². The van der Waals surface area contributed by atoms with E-state index in [1.54, 1.807) is 0 Å². The fourth-order valence-corrected chi connectivity index (χ4v) is 3.77. The molecule has 0 unspecified atom stereocenters. The van der Waals surface area contributed by atoms with Crippen LogP contribution in [-0.4, -0.2) is 51.8 Å². The summed E-state index contributed by atoms with van der Waals surface area (Å²) in [6.07, 6.45) is 2.60. The molecule has 3 rings (SSSR count). The van der Waals surface area contributed by atoms with Gasteiger partial charge in [-0.1, -0.05) is 42.5 Å². The third kappa shape index (κ3) is 8.09. The van der Waals surface area contributed by atoms with E-state index in [-0.39, 0.29) is 5.97 Å². The fraction of sp³-hybridized carbons (Fsp3) is 0.409. The van der Waals surface area contributed by atoms with Gasteiger partial charge in [0.15, 0.2) is 0 Å². The molecule has 1 aliphatic rings. The number of phosphoric acid groups is 1. The number of benzene rings is 2. The molecule has 1 aliphatic heterocycles. The Balaban J connectivity index is 0.000000614. The summed E-state index contributed by atoms with van der Waals surface area (Å²) in [5.41, 5.74) is 8.42. The maximum atomic E-state index is 12.8. The van der Waals surface area contributed by atoms with Crippen LogP contribution in [0.4, 0.5) is 5.69 Å². The Kier molecular flexibility index (Phi) is 9.22. The van der Waals surface area contributed by atoms with E-state index >= 15 is 0 Å². The van der Waals surface area contributed by atoms with Gasteiger partial charge in [0.2, 0.25) is 0 Å². The molecule has 0 radical (unpaired) electrons. The SMILES string of the molecule is CCOC(=O)C1(c2ccccc2)CCN(CCc2ccc(N)cc2)CC1.O=P(O)(O)O. The van der Waals surface area contributed by atoms with Crippen LogP contribution in [0.25, 0.3) is 0 Å². The maximum Gasteiger partial charge on any atom is 0.466 e. The van der Waals surface area contributed by atoms with Crippen molar-refractivity contribution in [2.75, 3.05) is 32.0 Å². The number of nitrogen functional groups attached to an aromatic ring is 1. The Morgan fingerprint density at radius 3 is 2.13 bits per heavy atom. The number of anilines is 1. The van der Waals surface area contributed by atoms with Crippen LogP contribution in [0.15, 0.2) is 54.6 Å². The highest BCUT2D eigenvalue weighted by molar-refractivity contribution is 7.45. The van der Waals surface area contributed by atoms with Crippen molar-refractivity contribution in [2.24, 2.45) is 0 Å². The quantitative estimate of drug-likeness (QED) is 0.300. The number of carbonyl (C=O) groups is 1. The monoisotopic (exact) mass is 450 g/mol. The minimum atomic E-state index is -4.64. The Bertz CT molecular complexity index is 853. The first-order valence-corrected chi connectivity index (χ1v) is 11.8. The number of likely N-dealkylation sites (tertiary alicyclic amines) is 1. The minimum Gasteiger partial charge on any atom is -0.465 e. The lowest BCUT2D eigenvalue weighted by Gasteiger charge is -2.40. The zero-order chi connectivity index (χ0) is 22.9. The molecule has 1 heterocycles. The van der Waals surface area contributed by atoms with Gasteiger partial charge in [0, 0.05) is 12.2 Å². The summed E-state index contributed by atoms with van der Waals surface area (Å²) in [5, 5.41) is 0. The number of nitrogens with zero attached hydrogens (tertiary/aromatic N) is 1. The molecular weight excluding hydrogens is 419 g/mol. The van der Waals surface area contributed by atoms with Gasteiger partial charge in [0.05, 0.1) is 12.0 Å². The van der Waals surface area contributed by atoms with Crippen molar-refractivity contribution >= 4 is 19.5 Å². The van der Waals surface area contributed by atoms with Crippen LogP contribution >= 0.6 is 7.82 Å². The normalized spacial score (nSPS) is 16.1. The summed E-state index contributed by atoms with van der Waals surface area (Å²) in [5.74, 6) is -0.0793. The highest BCUT2D eigenvalue weighted by atomic mass is 31.2. The van der Waals surface area contributed by atoms with E-state index in [9.17, 15) is 4.79 Å². The fourth-order valence-electron chi connectivity index (χ4n) is 3.77. The Morgan fingerprint density at radius 2 is 1.61 bits per heavy atom. The zero-order valence-corrected chi connectivity index (χ0v) is 18.6. The third-order valence-electron chi connectivity index (χ3n) is 5.40. The summed E-state index contributed by atoms with van der Waals surface area (Å²) in [6, 6.07) is 18.2. The Labute approximate surface area is 182 Å². The highest BCUT2D eigenvalue weighted by Crippen LogP contribution is 2.37. The number of esters is 1. The van der Waals surface area contributed by atoms with E-state index in [1.165, 1.54) is 5.56 Å².